The van der Waals surface area contributed by atoms with E-state index in [1.54, 1.807) is 12.4 Å². The predicted molar refractivity (Wildman–Crippen MR) is 66.0 cm³/mol. The molecule has 0 saturated heterocycles. The van der Waals surface area contributed by atoms with E-state index in [1.807, 2.05) is 31.2 Å². The summed E-state index contributed by atoms with van der Waals surface area (Å²) in [6.07, 6.45) is 3.27. The van der Waals surface area contributed by atoms with Gasteiger partial charge in [0.25, 0.3) is 0 Å². The SMILES string of the molecule is Cc1nccnc1Oc1ccc(I)cc1. The van der Waals surface area contributed by atoms with Crippen LogP contribution >= 0.6 is 22.6 Å². The Kier molecular flexibility index (Phi) is 3.15. The van der Waals surface area contributed by atoms with Crippen molar-refractivity contribution in [2.45, 2.75) is 6.92 Å². The quantitative estimate of drug-likeness (QED) is 0.799. The molecule has 0 bridgehead atoms. The maximum Gasteiger partial charge on any atom is 0.240 e. The van der Waals surface area contributed by atoms with E-state index in [-0.39, 0.29) is 0 Å². The van der Waals surface area contributed by atoms with Crippen LogP contribution in [0.25, 0.3) is 0 Å². The zero-order valence-corrected chi connectivity index (χ0v) is 10.3. The standard InChI is InChI=1S/C11H9IN2O/c1-8-11(14-7-6-13-8)15-10-4-2-9(12)3-5-10/h2-7H,1H3. The smallest absolute Gasteiger partial charge is 0.240 e. The fraction of sp³-hybridized carbons (Fsp3) is 0.0909. The molecule has 0 aliphatic carbocycles. The Labute approximate surface area is 102 Å². The van der Waals surface area contributed by atoms with Gasteiger partial charge in [0, 0.05) is 16.0 Å². The van der Waals surface area contributed by atoms with Gasteiger partial charge in [0.2, 0.25) is 5.88 Å². The van der Waals surface area contributed by atoms with Crippen LogP contribution in [0.2, 0.25) is 0 Å². The summed E-state index contributed by atoms with van der Waals surface area (Å²) in [6.45, 7) is 1.87. The molecule has 4 heteroatoms. The Hall–Kier alpha value is -1.17. The number of hydrogen-bond donors (Lipinski definition) is 0. The van der Waals surface area contributed by atoms with Crippen molar-refractivity contribution >= 4 is 22.6 Å². The van der Waals surface area contributed by atoms with Crippen LogP contribution in [0.5, 0.6) is 11.6 Å². The fourth-order valence-electron chi connectivity index (χ4n) is 1.11. The molecular formula is C11H9IN2O. The lowest BCUT2D eigenvalue weighted by molar-refractivity contribution is 0.455. The lowest BCUT2D eigenvalue weighted by Gasteiger charge is -2.05. The third-order valence-corrected chi connectivity index (χ3v) is 2.58. The summed E-state index contributed by atoms with van der Waals surface area (Å²) < 4.78 is 6.76. The van der Waals surface area contributed by atoms with Gasteiger partial charge in [-0.3, -0.25) is 4.98 Å². The molecule has 0 amide bonds. The van der Waals surface area contributed by atoms with E-state index in [9.17, 15) is 0 Å². The van der Waals surface area contributed by atoms with Crippen LogP contribution in [-0.4, -0.2) is 9.97 Å². The first-order valence-corrected chi connectivity index (χ1v) is 5.54. The van der Waals surface area contributed by atoms with Gasteiger partial charge in [0.15, 0.2) is 0 Å². The number of hydrogen-bond acceptors (Lipinski definition) is 3. The van der Waals surface area contributed by atoms with Crippen molar-refractivity contribution < 1.29 is 4.74 Å². The summed E-state index contributed by atoms with van der Waals surface area (Å²) in [4.78, 5) is 8.21. The topological polar surface area (TPSA) is 35.0 Å². The van der Waals surface area contributed by atoms with Crippen molar-refractivity contribution in [1.82, 2.24) is 9.97 Å². The van der Waals surface area contributed by atoms with Crippen molar-refractivity contribution in [2.75, 3.05) is 0 Å². The van der Waals surface area contributed by atoms with Crippen molar-refractivity contribution in [3.05, 3.63) is 45.9 Å². The second-order valence-electron chi connectivity index (χ2n) is 3.00. The third-order valence-electron chi connectivity index (χ3n) is 1.86. The first kappa shape index (κ1) is 10.4. The van der Waals surface area contributed by atoms with Gasteiger partial charge < -0.3 is 4.74 Å². The van der Waals surface area contributed by atoms with Crippen LogP contribution in [0.15, 0.2) is 36.7 Å². The summed E-state index contributed by atoms with van der Waals surface area (Å²) in [6, 6.07) is 7.80. The van der Waals surface area contributed by atoms with Gasteiger partial charge >= 0.3 is 0 Å². The molecule has 2 aromatic rings. The summed E-state index contributed by atoms with van der Waals surface area (Å²) in [5, 5.41) is 0. The molecule has 3 nitrogen and oxygen atoms in total. The zero-order valence-electron chi connectivity index (χ0n) is 8.14. The highest BCUT2D eigenvalue weighted by molar-refractivity contribution is 14.1. The van der Waals surface area contributed by atoms with E-state index in [0.717, 1.165) is 11.4 Å². The van der Waals surface area contributed by atoms with Crippen LogP contribution in [0, 0.1) is 10.5 Å². The van der Waals surface area contributed by atoms with Gasteiger partial charge in [-0.1, -0.05) is 0 Å². The number of nitrogens with zero attached hydrogens (tertiary/aromatic N) is 2. The molecule has 1 aromatic heterocycles. The van der Waals surface area contributed by atoms with E-state index < -0.39 is 0 Å². The van der Waals surface area contributed by atoms with E-state index in [2.05, 4.69) is 32.6 Å². The van der Waals surface area contributed by atoms with E-state index in [4.69, 9.17) is 4.74 Å². The first-order valence-electron chi connectivity index (χ1n) is 4.47. The van der Waals surface area contributed by atoms with E-state index >= 15 is 0 Å². The summed E-state index contributed by atoms with van der Waals surface area (Å²) in [5.41, 5.74) is 0.788. The number of aryl methyl sites for hydroxylation is 1. The van der Waals surface area contributed by atoms with Crippen molar-refractivity contribution in [3.63, 3.8) is 0 Å². The Morgan fingerprint density at radius 1 is 1.07 bits per heavy atom. The Morgan fingerprint density at radius 3 is 2.40 bits per heavy atom. The highest BCUT2D eigenvalue weighted by atomic mass is 127. The minimum absolute atomic E-state index is 0.554. The van der Waals surface area contributed by atoms with Crippen molar-refractivity contribution in [1.29, 1.82) is 0 Å². The van der Waals surface area contributed by atoms with Gasteiger partial charge in [-0.2, -0.15) is 0 Å². The van der Waals surface area contributed by atoms with Crippen LogP contribution in [0.1, 0.15) is 5.69 Å². The number of ether oxygens (including phenoxy) is 1. The van der Waals surface area contributed by atoms with Gasteiger partial charge in [-0.25, -0.2) is 4.98 Å². The number of rotatable bonds is 2. The van der Waals surface area contributed by atoms with Crippen LogP contribution in [0.3, 0.4) is 0 Å². The maximum atomic E-state index is 5.59. The molecule has 0 spiro atoms. The molecule has 0 radical (unpaired) electrons. The number of halogens is 1. The monoisotopic (exact) mass is 312 g/mol. The number of aromatic nitrogens is 2. The first-order chi connectivity index (χ1) is 7.25. The van der Waals surface area contributed by atoms with Gasteiger partial charge in [-0.15, -0.1) is 0 Å². The predicted octanol–water partition coefficient (Wildman–Crippen LogP) is 3.18. The van der Waals surface area contributed by atoms with Gasteiger partial charge in [0.1, 0.15) is 5.75 Å². The molecular weight excluding hydrogens is 303 g/mol. The molecule has 76 valence electrons. The normalized spacial score (nSPS) is 10.0. The Balaban J connectivity index is 2.22. The average molecular weight is 312 g/mol. The molecule has 0 fully saturated rings. The summed E-state index contributed by atoms with van der Waals surface area (Å²) in [5.74, 6) is 1.33. The summed E-state index contributed by atoms with van der Waals surface area (Å²) in [7, 11) is 0. The molecule has 0 saturated carbocycles. The van der Waals surface area contributed by atoms with E-state index in [1.165, 1.54) is 3.57 Å². The second kappa shape index (κ2) is 4.57. The molecule has 0 aliphatic rings. The molecule has 0 N–H and O–H groups in total. The molecule has 0 aliphatic heterocycles. The average Bonchev–Trinajstić information content (AvgIpc) is 2.25. The van der Waals surface area contributed by atoms with Crippen LogP contribution in [0.4, 0.5) is 0 Å². The minimum Gasteiger partial charge on any atom is -0.437 e. The molecule has 2 rings (SSSR count). The highest BCUT2D eigenvalue weighted by Crippen LogP contribution is 2.21. The third kappa shape index (κ3) is 2.65. The Bertz CT molecular complexity index is 456. The van der Waals surface area contributed by atoms with Crippen LogP contribution in [-0.2, 0) is 0 Å². The van der Waals surface area contributed by atoms with Gasteiger partial charge in [0.05, 0.1) is 5.69 Å². The lowest BCUT2D eigenvalue weighted by atomic mass is 10.3. The fourth-order valence-corrected chi connectivity index (χ4v) is 1.47. The number of benzene rings is 1. The summed E-state index contributed by atoms with van der Waals surface area (Å²) >= 11 is 2.25. The molecule has 0 atom stereocenters. The van der Waals surface area contributed by atoms with Gasteiger partial charge in [-0.05, 0) is 53.8 Å². The molecule has 0 unspecified atom stereocenters. The van der Waals surface area contributed by atoms with Crippen molar-refractivity contribution in [2.24, 2.45) is 0 Å². The Morgan fingerprint density at radius 2 is 1.73 bits per heavy atom. The molecule has 1 heterocycles. The zero-order chi connectivity index (χ0) is 10.7. The lowest BCUT2D eigenvalue weighted by Crippen LogP contribution is -1.92. The minimum atomic E-state index is 0.554. The molecule has 15 heavy (non-hydrogen) atoms. The van der Waals surface area contributed by atoms with E-state index in [0.29, 0.717) is 5.88 Å². The largest absolute Gasteiger partial charge is 0.437 e. The van der Waals surface area contributed by atoms with Crippen molar-refractivity contribution in [3.8, 4) is 11.6 Å². The second-order valence-corrected chi connectivity index (χ2v) is 4.25. The highest BCUT2D eigenvalue weighted by Gasteiger charge is 2.02. The maximum absolute atomic E-state index is 5.59. The molecule has 1 aromatic carbocycles. The van der Waals surface area contributed by atoms with Crippen LogP contribution < -0.4 is 4.74 Å².